The normalized spacial score (nSPS) is 23.5. The van der Waals surface area contributed by atoms with Crippen LogP contribution >= 0.6 is 0 Å². The van der Waals surface area contributed by atoms with Crippen LogP contribution in [0.2, 0.25) is 0 Å². The van der Waals surface area contributed by atoms with Gasteiger partial charge in [0, 0.05) is 20.0 Å². The number of rotatable bonds is 12. The number of aliphatic carboxylic acids is 1. The van der Waals surface area contributed by atoms with E-state index in [2.05, 4.69) is 31.9 Å². The average molecular weight is 791 g/mol. The van der Waals surface area contributed by atoms with Crippen molar-refractivity contribution < 1.29 is 38.7 Å². The molecule has 1 aliphatic rings. The SMILES string of the molecule is CC[C@H](C)[C@@H]1NC(=O)[C@H](NC(=O)N[C@@H](C(=O)[O-])[C@@H](C)CC)CCCCNC(=O)[C@H](Cc2ccccc2)NC(=O)[C@H](C)N(C)C(=O)[C@@H](CCc2ccccc2)NC1=O. The summed E-state index contributed by atoms with van der Waals surface area (Å²) in [5.41, 5.74) is 1.73. The van der Waals surface area contributed by atoms with Crippen LogP contribution in [0, 0.1) is 11.8 Å². The highest BCUT2D eigenvalue weighted by Gasteiger charge is 2.36. The summed E-state index contributed by atoms with van der Waals surface area (Å²) in [6.07, 6.45) is 2.48. The summed E-state index contributed by atoms with van der Waals surface area (Å²) in [6, 6.07) is 10.9. The van der Waals surface area contributed by atoms with Gasteiger partial charge in [-0.3, -0.25) is 24.0 Å². The molecule has 15 heteroatoms. The molecular weight excluding hydrogens is 731 g/mol. The zero-order chi connectivity index (χ0) is 42.1. The van der Waals surface area contributed by atoms with Gasteiger partial charge in [0.1, 0.15) is 30.2 Å². The Morgan fingerprint density at radius 2 is 1.42 bits per heavy atom. The van der Waals surface area contributed by atoms with Crippen molar-refractivity contribution in [1.82, 2.24) is 36.8 Å². The molecule has 0 aliphatic carbocycles. The number of hydrogen-bond acceptors (Lipinski definition) is 8. The van der Waals surface area contributed by atoms with Crippen LogP contribution in [-0.4, -0.2) is 96.3 Å². The molecule has 1 saturated heterocycles. The highest BCUT2D eigenvalue weighted by Crippen LogP contribution is 2.15. The van der Waals surface area contributed by atoms with E-state index in [1.165, 1.54) is 11.9 Å². The molecule has 0 unspecified atom stereocenters. The number of likely N-dealkylation sites (N-methyl/N-ethyl adjacent to an activating group) is 1. The lowest BCUT2D eigenvalue weighted by molar-refractivity contribution is -0.309. The summed E-state index contributed by atoms with van der Waals surface area (Å²) in [4.78, 5) is 95.8. The molecule has 0 radical (unpaired) electrons. The van der Waals surface area contributed by atoms with Crippen LogP contribution in [0.25, 0.3) is 0 Å². The third-order valence-corrected chi connectivity index (χ3v) is 10.8. The quantitative estimate of drug-likeness (QED) is 0.184. The van der Waals surface area contributed by atoms with Crippen molar-refractivity contribution in [3.05, 3.63) is 71.8 Å². The first-order valence-electron chi connectivity index (χ1n) is 20.0. The molecule has 312 valence electrons. The Bertz CT molecular complexity index is 1660. The van der Waals surface area contributed by atoms with Gasteiger partial charge in [-0.2, -0.15) is 0 Å². The molecule has 6 N–H and O–H groups in total. The minimum Gasteiger partial charge on any atom is -0.548 e. The third kappa shape index (κ3) is 14.2. The van der Waals surface area contributed by atoms with Crippen LogP contribution in [-0.2, 0) is 41.6 Å². The third-order valence-electron chi connectivity index (χ3n) is 10.8. The number of hydrogen-bond donors (Lipinski definition) is 6. The van der Waals surface area contributed by atoms with Crippen LogP contribution in [0.5, 0.6) is 0 Å². The van der Waals surface area contributed by atoms with Crippen LogP contribution in [0.15, 0.2) is 60.7 Å². The molecule has 7 amide bonds. The summed E-state index contributed by atoms with van der Waals surface area (Å²) >= 11 is 0. The Morgan fingerprint density at radius 3 is 2.02 bits per heavy atom. The number of carbonyl (C=O) groups excluding carboxylic acids is 7. The van der Waals surface area contributed by atoms with Crippen LogP contribution in [0.4, 0.5) is 4.79 Å². The van der Waals surface area contributed by atoms with Crippen molar-refractivity contribution in [3.63, 3.8) is 0 Å². The zero-order valence-electron chi connectivity index (χ0n) is 34.0. The van der Waals surface area contributed by atoms with E-state index in [9.17, 15) is 38.7 Å². The number of amides is 7. The molecule has 1 fully saturated rings. The largest absolute Gasteiger partial charge is 0.548 e. The van der Waals surface area contributed by atoms with Gasteiger partial charge in [0.25, 0.3) is 0 Å². The summed E-state index contributed by atoms with van der Waals surface area (Å²) in [5.74, 6) is -5.18. The van der Waals surface area contributed by atoms with Gasteiger partial charge in [0.15, 0.2) is 0 Å². The van der Waals surface area contributed by atoms with Gasteiger partial charge in [0.05, 0.1) is 12.0 Å². The van der Waals surface area contributed by atoms with Gasteiger partial charge in [0.2, 0.25) is 29.5 Å². The van der Waals surface area contributed by atoms with Crippen molar-refractivity contribution in [2.24, 2.45) is 11.8 Å². The molecule has 57 heavy (non-hydrogen) atoms. The van der Waals surface area contributed by atoms with Gasteiger partial charge < -0.3 is 46.7 Å². The monoisotopic (exact) mass is 790 g/mol. The topological polar surface area (TPSA) is 218 Å². The number of aryl methyl sites for hydroxylation is 1. The van der Waals surface area contributed by atoms with Gasteiger partial charge in [-0.05, 0) is 62.0 Å². The van der Waals surface area contributed by atoms with Crippen molar-refractivity contribution in [2.45, 2.75) is 122 Å². The molecular formula is C42H60N7O8-. The molecule has 0 aromatic heterocycles. The number of carboxylic acid groups (broad SMARTS) is 1. The highest BCUT2D eigenvalue weighted by atomic mass is 16.4. The van der Waals surface area contributed by atoms with Gasteiger partial charge in [-0.15, -0.1) is 0 Å². The van der Waals surface area contributed by atoms with E-state index in [1.54, 1.807) is 27.7 Å². The Kier molecular flexibility index (Phi) is 18.5. The van der Waals surface area contributed by atoms with E-state index in [0.29, 0.717) is 32.1 Å². The number of nitrogens with one attached hydrogen (secondary N) is 6. The second-order valence-corrected chi connectivity index (χ2v) is 15.0. The summed E-state index contributed by atoms with van der Waals surface area (Å²) in [5, 5.41) is 28.2. The Morgan fingerprint density at radius 1 is 0.807 bits per heavy atom. The van der Waals surface area contributed by atoms with Crippen molar-refractivity contribution in [1.29, 1.82) is 0 Å². The highest BCUT2D eigenvalue weighted by molar-refractivity contribution is 5.96. The Balaban J connectivity index is 2.00. The van der Waals surface area contributed by atoms with Gasteiger partial charge in [-0.25, -0.2) is 4.79 Å². The van der Waals surface area contributed by atoms with E-state index in [-0.39, 0.29) is 25.8 Å². The average Bonchev–Trinajstić information content (AvgIpc) is 3.21. The predicted octanol–water partition coefficient (Wildman–Crippen LogP) is 1.34. The van der Waals surface area contributed by atoms with Gasteiger partial charge >= 0.3 is 6.03 Å². The Labute approximate surface area is 335 Å². The second kappa shape index (κ2) is 22.9. The molecule has 1 heterocycles. The van der Waals surface area contributed by atoms with E-state index in [4.69, 9.17) is 0 Å². The van der Waals surface area contributed by atoms with E-state index in [1.807, 2.05) is 67.6 Å². The number of carboxylic acids is 1. The van der Waals surface area contributed by atoms with Crippen LogP contribution in [0.3, 0.4) is 0 Å². The Hall–Kier alpha value is -5.47. The van der Waals surface area contributed by atoms with E-state index >= 15 is 0 Å². The van der Waals surface area contributed by atoms with Crippen molar-refractivity contribution >= 4 is 41.5 Å². The smallest absolute Gasteiger partial charge is 0.315 e. The lowest BCUT2D eigenvalue weighted by atomic mass is 9.96. The molecule has 15 nitrogen and oxygen atoms in total. The fourth-order valence-corrected chi connectivity index (χ4v) is 6.48. The second-order valence-electron chi connectivity index (χ2n) is 15.0. The lowest BCUT2D eigenvalue weighted by Gasteiger charge is -2.32. The minimum atomic E-state index is -1.47. The molecule has 0 saturated carbocycles. The fourth-order valence-electron chi connectivity index (χ4n) is 6.48. The van der Waals surface area contributed by atoms with Crippen molar-refractivity contribution in [3.8, 4) is 0 Å². The molecule has 1 aliphatic heterocycles. The van der Waals surface area contributed by atoms with Crippen molar-refractivity contribution in [2.75, 3.05) is 13.6 Å². The maximum Gasteiger partial charge on any atom is 0.315 e. The van der Waals surface area contributed by atoms with Gasteiger partial charge in [-0.1, -0.05) is 101 Å². The fraction of sp³-hybridized carbons (Fsp3) is 0.548. The summed E-state index contributed by atoms with van der Waals surface area (Å²) < 4.78 is 0. The lowest BCUT2D eigenvalue weighted by Crippen LogP contribution is -2.61. The van der Waals surface area contributed by atoms with E-state index < -0.39 is 89.6 Å². The first-order chi connectivity index (χ1) is 27.2. The molecule has 0 spiro atoms. The number of carbonyl (C=O) groups is 7. The molecule has 2 aromatic rings. The molecule has 2 aromatic carbocycles. The standard InChI is InChI=1S/C42H61N7O8/c1-7-26(3)34-39(53)44-32(23-22-29-17-11-9-12-18-29)40(54)49(6)28(5)36(50)45-33(25-30-19-13-10-14-20-30)37(51)43-24-16-15-21-31(38(52)47-34)46-42(57)48-35(41(55)56)27(4)8-2/h9-14,17-20,26-28,31-35H,7-8,15-16,21-25H2,1-6H3,(H,43,51)(H,44,53)(H,45,50)(H,47,52)(H,55,56)(H2,46,48,57)/p-1/t26-,27-,28-,31+,32+,33-,34-,35+/m0/s1. The molecule has 8 atom stereocenters. The zero-order valence-corrected chi connectivity index (χ0v) is 34.0. The summed E-state index contributed by atoms with van der Waals surface area (Å²) in [7, 11) is 1.46. The number of nitrogens with zero attached hydrogens (tertiary/aromatic N) is 1. The maximum absolute atomic E-state index is 14.2. The number of urea groups is 1. The number of benzene rings is 2. The molecule has 0 bridgehead atoms. The molecule has 3 rings (SSSR count). The first kappa shape index (κ1) is 45.9. The predicted molar refractivity (Wildman–Crippen MR) is 213 cm³/mol. The summed E-state index contributed by atoms with van der Waals surface area (Å²) in [6.45, 7) is 8.78. The van der Waals surface area contributed by atoms with Crippen LogP contribution < -0.4 is 37.0 Å². The van der Waals surface area contributed by atoms with E-state index in [0.717, 1.165) is 11.1 Å². The maximum atomic E-state index is 14.2. The van der Waals surface area contributed by atoms with Crippen LogP contribution in [0.1, 0.15) is 84.3 Å². The first-order valence-corrected chi connectivity index (χ1v) is 20.0. The minimum absolute atomic E-state index is 0.0773.